The molecule has 92 valence electrons. The van der Waals surface area contributed by atoms with E-state index in [-0.39, 0.29) is 0 Å². The quantitative estimate of drug-likeness (QED) is 0.804. The van der Waals surface area contributed by atoms with Gasteiger partial charge in [0.25, 0.3) is 0 Å². The van der Waals surface area contributed by atoms with E-state index in [0.717, 1.165) is 5.56 Å². The summed E-state index contributed by atoms with van der Waals surface area (Å²) in [7, 11) is 0. The van der Waals surface area contributed by atoms with Crippen LogP contribution in [-0.2, 0) is 4.79 Å². The molecule has 0 saturated heterocycles. The molecule has 2 aromatic rings. The molecule has 1 amide bonds. The Balaban J connectivity index is 0.000000225. The highest BCUT2D eigenvalue weighted by Gasteiger charge is 1.87. The molecule has 2 aromatic carbocycles. The molecule has 0 aliphatic carbocycles. The minimum Gasteiger partial charge on any atom is -0.366 e. The molecule has 0 heterocycles. The zero-order chi connectivity index (χ0) is 13.2. The maximum absolute atomic E-state index is 10.4. The summed E-state index contributed by atoms with van der Waals surface area (Å²) in [4.78, 5) is 10.4. The van der Waals surface area contributed by atoms with E-state index >= 15 is 0 Å². The van der Waals surface area contributed by atoms with Gasteiger partial charge in [-0.05, 0) is 18.6 Å². The lowest BCUT2D eigenvalue weighted by Gasteiger charge is -1.93. The Labute approximate surface area is 108 Å². The summed E-state index contributed by atoms with van der Waals surface area (Å²) in [6.07, 6.45) is 3.05. The lowest BCUT2D eigenvalue weighted by atomic mass is 10.1. The van der Waals surface area contributed by atoms with E-state index in [1.165, 1.54) is 11.6 Å². The van der Waals surface area contributed by atoms with Crippen molar-refractivity contribution in [1.82, 2.24) is 0 Å². The summed E-state index contributed by atoms with van der Waals surface area (Å²) in [5, 5.41) is 0. The van der Waals surface area contributed by atoms with Gasteiger partial charge in [0.1, 0.15) is 0 Å². The highest BCUT2D eigenvalue weighted by Crippen LogP contribution is 2.04. The lowest BCUT2D eigenvalue weighted by molar-refractivity contribution is -0.113. The minimum atomic E-state index is -0.421. The van der Waals surface area contributed by atoms with E-state index in [1.54, 1.807) is 6.08 Å². The summed E-state index contributed by atoms with van der Waals surface area (Å²) in [6, 6.07) is 19.9. The van der Waals surface area contributed by atoms with E-state index in [0.29, 0.717) is 0 Å². The van der Waals surface area contributed by atoms with Crippen molar-refractivity contribution < 1.29 is 4.79 Å². The number of rotatable bonds is 2. The normalized spacial score (nSPS) is 9.61. The SMILES string of the molecule is Cc1ccc(C=CC(N)=O)cc1.c1ccccc1. The molecule has 0 aromatic heterocycles. The van der Waals surface area contributed by atoms with Crippen molar-refractivity contribution in [2.75, 3.05) is 0 Å². The zero-order valence-corrected chi connectivity index (χ0v) is 10.4. The number of carbonyl (C=O) groups excluding carboxylic acids is 1. The van der Waals surface area contributed by atoms with Crippen LogP contribution in [0.25, 0.3) is 6.08 Å². The largest absolute Gasteiger partial charge is 0.366 e. The maximum atomic E-state index is 10.4. The van der Waals surface area contributed by atoms with Crippen LogP contribution in [0.2, 0.25) is 0 Å². The molecule has 2 N–H and O–H groups in total. The summed E-state index contributed by atoms with van der Waals surface area (Å²) < 4.78 is 0. The van der Waals surface area contributed by atoms with Crippen LogP contribution in [0.15, 0.2) is 66.7 Å². The molecule has 18 heavy (non-hydrogen) atoms. The predicted molar refractivity (Wildman–Crippen MR) is 75.8 cm³/mol. The number of benzene rings is 2. The third kappa shape index (κ3) is 6.28. The number of nitrogens with two attached hydrogens (primary N) is 1. The van der Waals surface area contributed by atoms with Crippen LogP contribution in [0, 0.1) is 6.92 Å². The molecular formula is C16H17NO. The van der Waals surface area contributed by atoms with E-state index in [9.17, 15) is 4.79 Å². The molecule has 0 aliphatic heterocycles. The van der Waals surface area contributed by atoms with Gasteiger partial charge in [-0.1, -0.05) is 66.2 Å². The van der Waals surface area contributed by atoms with Crippen LogP contribution in [0.4, 0.5) is 0 Å². The Morgan fingerprint density at radius 1 is 0.944 bits per heavy atom. The van der Waals surface area contributed by atoms with E-state index in [4.69, 9.17) is 5.73 Å². The Bertz CT molecular complexity index is 460. The van der Waals surface area contributed by atoms with Crippen LogP contribution < -0.4 is 5.73 Å². The Morgan fingerprint density at radius 2 is 1.39 bits per heavy atom. The van der Waals surface area contributed by atoms with Crippen LogP contribution in [0.1, 0.15) is 11.1 Å². The van der Waals surface area contributed by atoms with Crippen molar-refractivity contribution >= 4 is 12.0 Å². The van der Waals surface area contributed by atoms with Crippen LogP contribution in [0.3, 0.4) is 0 Å². The van der Waals surface area contributed by atoms with Crippen molar-refractivity contribution in [3.05, 3.63) is 77.9 Å². The smallest absolute Gasteiger partial charge is 0.241 e. The molecular weight excluding hydrogens is 222 g/mol. The third-order valence-electron chi connectivity index (χ3n) is 2.18. The van der Waals surface area contributed by atoms with Crippen molar-refractivity contribution in [3.8, 4) is 0 Å². The van der Waals surface area contributed by atoms with Crippen molar-refractivity contribution in [2.24, 2.45) is 5.73 Å². The Kier molecular flexibility index (Phi) is 5.98. The van der Waals surface area contributed by atoms with Crippen LogP contribution in [0.5, 0.6) is 0 Å². The topological polar surface area (TPSA) is 43.1 Å². The highest BCUT2D eigenvalue weighted by atomic mass is 16.1. The van der Waals surface area contributed by atoms with Gasteiger partial charge in [0.15, 0.2) is 0 Å². The number of aryl methyl sites for hydroxylation is 1. The maximum Gasteiger partial charge on any atom is 0.241 e. The fourth-order valence-electron chi connectivity index (χ4n) is 1.24. The zero-order valence-electron chi connectivity index (χ0n) is 10.4. The molecule has 0 bridgehead atoms. The third-order valence-corrected chi connectivity index (χ3v) is 2.18. The molecule has 2 heteroatoms. The van der Waals surface area contributed by atoms with Gasteiger partial charge in [-0.15, -0.1) is 0 Å². The number of hydrogen-bond donors (Lipinski definition) is 1. The number of primary amides is 1. The summed E-state index contributed by atoms with van der Waals surface area (Å²) >= 11 is 0. The van der Waals surface area contributed by atoms with Crippen molar-refractivity contribution in [3.63, 3.8) is 0 Å². The fourth-order valence-corrected chi connectivity index (χ4v) is 1.24. The molecule has 2 rings (SSSR count). The second kappa shape index (κ2) is 7.85. The fraction of sp³-hybridized carbons (Fsp3) is 0.0625. The summed E-state index contributed by atoms with van der Waals surface area (Å²) in [5.41, 5.74) is 7.13. The van der Waals surface area contributed by atoms with Gasteiger partial charge in [0.2, 0.25) is 5.91 Å². The highest BCUT2D eigenvalue weighted by molar-refractivity contribution is 5.90. The van der Waals surface area contributed by atoms with E-state index in [2.05, 4.69) is 0 Å². The van der Waals surface area contributed by atoms with Gasteiger partial charge in [0, 0.05) is 6.08 Å². The van der Waals surface area contributed by atoms with Gasteiger partial charge in [-0.3, -0.25) is 4.79 Å². The van der Waals surface area contributed by atoms with Crippen LogP contribution in [-0.4, -0.2) is 5.91 Å². The molecule has 0 unspecified atom stereocenters. The van der Waals surface area contributed by atoms with E-state index < -0.39 is 5.91 Å². The van der Waals surface area contributed by atoms with E-state index in [1.807, 2.05) is 67.6 Å². The van der Waals surface area contributed by atoms with Crippen LogP contribution >= 0.6 is 0 Å². The van der Waals surface area contributed by atoms with Gasteiger partial charge >= 0.3 is 0 Å². The Morgan fingerprint density at radius 3 is 1.78 bits per heavy atom. The first-order valence-corrected chi connectivity index (χ1v) is 5.72. The predicted octanol–water partition coefficient (Wildman–Crippen LogP) is 3.18. The van der Waals surface area contributed by atoms with Crippen molar-refractivity contribution in [2.45, 2.75) is 6.92 Å². The first-order valence-electron chi connectivity index (χ1n) is 5.72. The summed E-state index contributed by atoms with van der Waals surface area (Å²) in [5.74, 6) is -0.421. The second-order valence-electron chi connectivity index (χ2n) is 3.80. The van der Waals surface area contributed by atoms with Gasteiger partial charge in [-0.25, -0.2) is 0 Å². The lowest BCUT2D eigenvalue weighted by Crippen LogP contribution is -2.04. The number of hydrogen-bond acceptors (Lipinski definition) is 1. The van der Waals surface area contributed by atoms with Gasteiger partial charge in [0.05, 0.1) is 0 Å². The van der Waals surface area contributed by atoms with Gasteiger partial charge in [-0.2, -0.15) is 0 Å². The molecule has 0 radical (unpaired) electrons. The van der Waals surface area contributed by atoms with Gasteiger partial charge < -0.3 is 5.73 Å². The number of amides is 1. The number of carbonyl (C=O) groups is 1. The molecule has 0 atom stereocenters. The summed E-state index contributed by atoms with van der Waals surface area (Å²) in [6.45, 7) is 2.02. The first kappa shape index (κ1) is 13.7. The molecule has 2 nitrogen and oxygen atoms in total. The monoisotopic (exact) mass is 239 g/mol. The average Bonchev–Trinajstić information content (AvgIpc) is 2.41. The molecule has 0 spiro atoms. The molecule has 0 saturated carbocycles. The molecule has 0 fully saturated rings. The molecule has 0 aliphatic rings. The minimum absolute atomic E-state index is 0.421. The second-order valence-corrected chi connectivity index (χ2v) is 3.80. The van der Waals surface area contributed by atoms with Crippen molar-refractivity contribution in [1.29, 1.82) is 0 Å². The first-order chi connectivity index (χ1) is 8.68. The average molecular weight is 239 g/mol. The Hall–Kier alpha value is -2.35. The standard InChI is InChI=1S/C10H11NO.C6H6/c1-8-2-4-9(5-3-8)6-7-10(11)12;1-2-4-6-5-3-1/h2-7H,1H3,(H2,11,12);1-6H.